The van der Waals surface area contributed by atoms with Crippen LogP contribution in [0.25, 0.3) is 0 Å². The molecule has 0 aliphatic carbocycles. The molecule has 0 aliphatic heterocycles. The van der Waals surface area contributed by atoms with E-state index in [9.17, 15) is 18.0 Å². The number of ketones is 1. The molecule has 0 spiro atoms. The molecule has 0 fully saturated rings. The standard InChI is InChI=1S/C16H10ClF3N2O2/c1-9-6-13(15(24-9)16(18,19)20)14(23)10(7-21)8-22-12-4-2-11(17)3-5-12/h2-6,8,22H,1H3/b10-8-. The Kier molecular flexibility index (Phi) is 5.00. The van der Waals surface area contributed by atoms with Crippen LogP contribution in [-0.2, 0) is 6.18 Å². The minimum absolute atomic E-state index is 0.0753. The molecule has 4 nitrogen and oxygen atoms in total. The third-order valence-corrected chi connectivity index (χ3v) is 3.20. The number of furan rings is 1. The Morgan fingerprint density at radius 2 is 1.96 bits per heavy atom. The molecule has 1 N–H and O–H groups in total. The highest BCUT2D eigenvalue weighted by molar-refractivity contribution is 6.30. The van der Waals surface area contributed by atoms with E-state index in [0.29, 0.717) is 10.7 Å². The molecule has 24 heavy (non-hydrogen) atoms. The summed E-state index contributed by atoms with van der Waals surface area (Å²) in [7, 11) is 0. The number of rotatable bonds is 4. The van der Waals surface area contributed by atoms with E-state index < -0.39 is 28.9 Å². The van der Waals surface area contributed by atoms with Gasteiger partial charge in [0.2, 0.25) is 11.5 Å². The molecule has 1 aromatic heterocycles. The molecule has 0 amide bonds. The van der Waals surface area contributed by atoms with Crippen LogP contribution in [0.1, 0.15) is 21.9 Å². The quantitative estimate of drug-likeness (QED) is 0.478. The molecule has 0 bridgehead atoms. The van der Waals surface area contributed by atoms with Crippen molar-refractivity contribution in [2.45, 2.75) is 13.1 Å². The van der Waals surface area contributed by atoms with Crippen LogP contribution in [0.2, 0.25) is 5.02 Å². The highest BCUT2D eigenvalue weighted by atomic mass is 35.5. The molecule has 2 rings (SSSR count). The van der Waals surface area contributed by atoms with Crippen LogP contribution in [0.15, 0.2) is 46.5 Å². The number of allylic oxidation sites excluding steroid dienone is 1. The summed E-state index contributed by atoms with van der Waals surface area (Å²) in [4.78, 5) is 12.2. The van der Waals surface area contributed by atoms with E-state index >= 15 is 0 Å². The molecule has 124 valence electrons. The molecule has 8 heteroatoms. The van der Waals surface area contributed by atoms with E-state index in [0.717, 1.165) is 12.3 Å². The average Bonchev–Trinajstić information content (AvgIpc) is 2.91. The van der Waals surface area contributed by atoms with Gasteiger partial charge in [-0.1, -0.05) is 11.6 Å². The lowest BCUT2D eigenvalue weighted by molar-refractivity contribution is -0.153. The maximum absolute atomic E-state index is 12.9. The van der Waals surface area contributed by atoms with Gasteiger partial charge in [0.25, 0.3) is 0 Å². The van der Waals surface area contributed by atoms with Gasteiger partial charge in [-0.15, -0.1) is 0 Å². The van der Waals surface area contributed by atoms with Crippen molar-refractivity contribution in [3.05, 3.63) is 64.2 Å². The van der Waals surface area contributed by atoms with Crippen molar-refractivity contribution in [3.8, 4) is 6.07 Å². The van der Waals surface area contributed by atoms with Crippen LogP contribution in [0.3, 0.4) is 0 Å². The molecule has 1 heterocycles. The smallest absolute Gasteiger partial charge is 0.450 e. The van der Waals surface area contributed by atoms with E-state index in [1.807, 2.05) is 0 Å². The number of nitrogens with one attached hydrogen (secondary N) is 1. The molecular weight excluding hydrogens is 345 g/mol. The summed E-state index contributed by atoms with van der Waals surface area (Å²) in [5, 5.41) is 12.2. The molecule has 0 radical (unpaired) electrons. The van der Waals surface area contributed by atoms with Crippen LogP contribution in [0, 0.1) is 18.3 Å². The first-order valence-corrected chi connectivity index (χ1v) is 6.95. The second kappa shape index (κ2) is 6.81. The Morgan fingerprint density at radius 3 is 2.50 bits per heavy atom. The number of Topliss-reactive ketones (excluding diaryl/α,β-unsaturated/α-hetero) is 1. The van der Waals surface area contributed by atoms with E-state index in [1.165, 1.54) is 6.92 Å². The van der Waals surface area contributed by atoms with Gasteiger partial charge in [0, 0.05) is 16.9 Å². The van der Waals surface area contributed by atoms with Crippen molar-refractivity contribution in [3.63, 3.8) is 0 Å². The molecular formula is C16H10ClF3N2O2. The van der Waals surface area contributed by atoms with Gasteiger partial charge in [0.05, 0.1) is 5.56 Å². The van der Waals surface area contributed by atoms with Gasteiger partial charge in [0.15, 0.2) is 0 Å². The maximum Gasteiger partial charge on any atom is 0.450 e. The Balaban J connectivity index is 2.31. The number of nitrogens with zero attached hydrogens (tertiary/aromatic N) is 1. The van der Waals surface area contributed by atoms with E-state index in [-0.39, 0.29) is 5.76 Å². The SMILES string of the molecule is Cc1cc(C(=O)/C(C#N)=C\Nc2ccc(Cl)cc2)c(C(F)(F)F)o1. The molecule has 0 atom stereocenters. The topological polar surface area (TPSA) is 66.0 Å². The number of anilines is 1. The number of aryl methyl sites for hydroxylation is 1. The van der Waals surface area contributed by atoms with Crippen LogP contribution in [0.5, 0.6) is 0 Å². The first-order valence-electron chi connectivity index (χ1n) is 6.57. The molecule has 0 saturated heterocycles. The zero-order chi connectivity index (χ0) is 17.9. The zero-order valence-corrected chi connectivity index (χ0v) is 13.0. The van der Waals surface area contributed by atoms with Gasteiger partial charge in [-0.25, -0.2) is 0 Å². The highest BCUT2D eigenvalue weighted by Gasteiger charge is 2.40. The van der Waals surface area contributed by atoms with Crippen molar-refractivity contribution in [2.75, 3.05) is 5.32 Å². The number of nitriles is 1. The highest BCUT2D eigenvalue weighted by Crippen LogP contribution is 2.35. The van der Waals surface area contributed by atoms with E-state index in [2.05, 4.69) is 9.73 Å². The fourth-order valence-electron chi connectivity index (χ4n) is 1.89. The molecule has 0 unspecified atom stereocenters. The van der Waals surface area contributed by atoms with Crippen molar-refractivity contribution in [1.82, 2.24) is 0 Å². The van der Waals surface area contributed by atoms with Crippen LogP contribution >= 0.6 is 11.6 Å². The predicted octanol–water partition coefficient (Wildman–Crippen LogP) is 4.96. The van der Waals surface area contributed by atoms with Gasteiger partial charge in [-0.2, -0.15) is 18.4 Å². The predicted molar refractivity (Wildman–Crippen MR) is 81.5 cm³/mol. The summed E-state index contributed by atoms with van der Waals surface area (Å²) in [6.07, 6.45) is -3.79. The number of benzene rings is 1. The van der Waals surface area contributed by atoms with Crippen molar-refractivity contribution >= 4 is 23.1 Å². The largest absolute Gasteiger partial charge is 0.456 e. The first-order chi connectivity index (χ1) is 11.2. The van der Waals surface area contributed by atoms with Gasteiger partial charge in [-0.3, -0.25) is 4.79 Å². The summed E-state index contributed by atoms with van der Waals surface area (Å²) in [6.45, 7) is 1.29. The lowest BCUT2D eigenvalue weighted by Crippen LogP contribution is -2.12. The fraction of sp³-hybridized carbons (Fsp3) is 0.125. The van der Waals surface area contributed by atoms with Gasteiger partial charge in [0.1, 0.15) is 17.4 Å². The molecule has 0 aliphatic rings. The average molecular weight is 355 g/mol. The third kappa shape index (κ3) is 3.97. The minimum atomic E-state index is -4.83. The van der Waals surface area contributed by atoms with Crippen LogP contribution in [-0.4, -0.2) is 5.78 Å². The van der Waals surface area contributed by atoms with Gasteiger partial charge < -0.3 is 9.73 Å². The van der Waals surface area contributed by atoms with E-state index in [1.54, 1.807) is 30.3 Å². The lowest BCUT2D eigenvalue weighted by atomic mass is 10.0. The fourth-order valence-corrected chi connectivity index (χ4v) is 2.01. The molecule has 1 aromatic carbocycles. The molecule has 0 saturated carbocycles. The second-order valence-corrected chi connectivity index (χ2v) is 5.18. The van der Waals surface area contributed by atoms with Crippen molar-refractivity contribution < 1.29 is 22.4 Å². The zero-order valence-electron chi connectivity index (χ0n) is 12.2. The second-order valence-electron chi connectivity index (χ2n) is 4.75. The van der Waals surface area contributed by atoms with Gasteiger partial charge in [-0.05, 0) is 37.3 Å². The van der Waals surface area contributed by atoms with Crippen LogP contribution < -0.4 is 5.32 Å². The number of hydrogen-bond donors (Lipinski definition) is 1. The summed E-state index contributed by atoms with van der Waals surface area (Å²) in [5.41, 5.74) is -0.679. The van der Waals surface area contributed by atoms with Gasteiger partial charge >= 0.3 is 6.18 Å². The maximum atomic E-state index is 12.9. The Morgan fingerprint density at radius 1 is 1.33 bits per heavy atom. The molecule has 2 aromatic rings. The number of halogens is 4. The summed E-state index contributed by atoms with van der Waals surface area (Å²) < 4.78 is 43.3. The first kappa shape index (κ1) is 17.6. The number of alkyl halides is 3. The lowest BCUT2D eigenvalue weighted by Gasteiger charge is -2.05. The minimum Gasteiger partial charge on any atom is -0.456 e. The Hall–Kier alpha value is -2.72. The summed E-state index contributed by atoms with van der Waals surface area (Å²) in [6, 6.07) is 8.86. The normalized spacial score (nSPS) is 11.9. The van der Waals surface area contributed by atoms with Crippen molar-refractivity contribution in [2.24, 2.45) is 0 Å². The Bertz CT molecular complexity index is 830. The number of carbonyl (C=O) groups excluding carboxylic acids is 1. The van der Waals surface area contributed by atoms with Crippen molar-refractivity contribution in [1.29, 1.82) is 5.26 Å². The monoisotopic (exact) mass is 354 g/mol. The number of hydrogen-bond acceptors (Lipinski definition) is 4. The summed E-state index contributed by atoms with van der Waals surface area (Å²) in [5.74, 6) is -2.57. The summed E-state index contributed by atoms with van der Waals surface area (Å²) >= 11 is 5.73. The van der Waals surface area contributed by atoms with Crippen LogP contribution in [0.4, 0.5) is 18.9 Å². The third-order valence-electron chi connectivity index (χ3n) is 2.95. The number of carbonyl (C=O) groups is 1. The van der Waals surface area contributed by atoms with E-state index in [4.69, 9.17) is 16.9 Å². The Labute approximate surface area is 140 Å².